The summed E-state index contributed by atoms with van der Waals surface area (Å²) >= 11 is 1.46. The van der Waals surface area contributed by atoms with E-state index in [-0.39, 0.29) is 17.1 Å². The van der Waals surface area contributed by atoms with Crippen molar-refractivity contribution in [3.63, 3.8) is 0 Å². The summed E-state index contributed by atoms with van der Waals surface area (Å²) in [5, 5.41) is 5.42. The topological polar surface area (TPSA) is 76.7 Å². The number of benzene rings is 2. The molecule has 1 aliphatic heterocycles. The van der Waals surface area contributed by atoms with E-state index >= 15 is 0 Å². The first-order valence-corrected chi connectivity index (χ1v) is 11.2. The minimum atomic E-state index is -0.518. The molecule has 2 amide bonds. The standard InChI is InChI=1S/C23H26N2O4S/c1-15(30-19-9-6-17(7-10-19)24-16(2)26)22(27)25-18-8-11-20-21(14-18)29-23(28-20)12-4-3-5-13-23/h6-11,14-15H,3-5,12-13H2,1-2H3,(H,24,26)(H,25,27). The summed E-state index contributed by atoms with van der Waals surface area (Å²) in [7, 11) is 0. The Bertz CT molecular complexity index is 939. The Hall–Kier alpha value is -2.67. The molecular weight excluding hydrogens is 400 g/mol. The monoisotopic (exact) mass is 426 g/mol. The number of carbonyl (C=O) groups excluding carboxylic acids is 2. The summed E-state index contributed by atoms with van der Waals surface area (Å²) in [6.45, 7) is 3.34. The Labute approximate surface area is 180 Å². The molecule has 2 aliphatic rings. The van der Waals surface area contributed by atoms with Gasteiger partial charge in [0.05, 0.1) is 5.25 Å². The summed E-state index contributed by atoms with van der Waals surface area (Å²) in [4.78, 5) is 24.7. The molecule has 1 atom stereocenters. The molecule has 0 aromatic heterocycles. The zero-order valence-electron chi connectivity index (χ0n) is 17.2. The normalized spacial score (nSPS) is 17.4. The minimum absolute atomic E-state index is 0.0859. The second-order valence-electron chi connectivity index (χ2n) is 7.79. The third-order valence-corrected chi connectivity index (χ3v) is 6.39. The van der Waals surface area contributed by atoms with Crippen LogP contribution in [0.3, 0.4) is 0 Å². The molecule has 1 spiro atoms. The van der Waals surface area contributed by atoms with Gasteiger partial charge < -0.3 is 20.1 Å². The van der Waals surface area contributed by atoms with Gasteiger partial charge in [0.2, 0.25) is 11.8 Å². The molecule has 0 saturated heterocycles. The van der Waals surface area contributed by atoms with E-state index in [9.17, 15) is 9.59 Å². The second kappa shape index (κ2) is 8.60. The molecule has 2 aromatic rings. The zero-order chi connectivity index (χ0) is 21.1. The average Bonchev–Trinajstić information content (AvgIpc) is 3.06. The lowest BCUT2D eigenvalue weighted by Crippen LogP contribution is -2.40. The quantitative estimate of drug-likeness (QED) is 0.643. The van der Waals surface area contributed by atoms with Crippen LogP contribution in [0, 0.1) is 0 Å². The fourth-order valence-corrected chi connectivity index (χ4v) is 4.66. The van der Waals surface area contributed by atoms with Gasteiger partial charge in [-0.05, 0) is 56.2 Å². The van der Waals surface area contributed by atoms with Crippen molar-refractivity contribution in [2.24, 2.45) is 0 Å². The van der Waals surface area contributed by atoms with Crippen molar-refractivity contribution in [1.82, 2.24) is 0 Å². The van der Waals surface area contributed by atoms with Gasteiger partial charge in [0.1, 0.15) is 0 Å². The van der Waals surface area contributed by atoms with Crippen molar-refractivity contribution in [3.05, 3.63) is 42.5 Å². The van der Waals surface area contributed by atoms with Crippen LogP contribution in [-0.4, -0.2) is 22.9 Å². The number of ether oxygens (including phenoxy) is 2. The molecule has 7 heteroatoms. The first-order chi connectivity index (χ1) is 14.4. The van der Waals surface area contributed by atoms with Crippen LogP contribution in [0.1, 0.15) is 46.0 Å². The predicted molar refractivity (Wildman–Crippen MR) is 118 cm³/mol. The number of anilines is 2. The fraction of sp³-hybridized carbons (Fsp3) is 0.391. The summed E-state index contributed by atoms with van der Waals surface area (Å²) in [6.07, 6.45) is 5.24. The van der Waals surface area contributed by atoms with Crippen molar-refractivity contribution >= 4 is 35.0 Å². The van der Waals surface area contributed by atoms with Crippen LogP contribution < -0.4 is 20.1 Å². The third kappa shape index (κ3) is 4.73. The Morgan fingerprint density at radius 1 is 0.933 bits per heavy atom. The molecule has 1 saturated carbocycles. The van der Waals surface area contributed by atoms with Crippen LogP contribution in [0.4, 0.5) is 11.4 Å². The van der Waals surface area contributed by atoms with E-state index in [0.29, 0.717) is 11.4 Å². The van der Waals surface area contributed by atoms with Gasteiger partial charge in [0.25, 0.3) is 5.79 Å². The summed E-state index contributed by atoms with van der Waals surface area (Å²) in [6, 6.07) is 13.0. The number of amides is 2. The molecule has 30 heavy (non-hydrogen) atoms. The van der Waals surface area contributed by atoms with Crippen LogP contribution >= 0.6 is 11.8 Å². The average molecular weight is 427 g/mol. The van der Waals surface area contributed by atoms with E-state index in [1.54, 1.807) is 0 Å². The molecule has 4 rings (SSSR count). The second-order valence-corrected chi connectivity index (χ2v) is 9.21. The number of thioether (sulfide) groups is 1. The summed E-state index contributed by atoms with van der Waals surface area (Å²) in [5.41, 5.74) is 1.43. The molecule has 1 fully saturated rings. The van der Waals surface area contributed by atoms with Gasteiger partial charge in [-0.25, -0.2) is 0 Å². The van der Waals surface area contributed by atoms with E-state index < -0.39 is 5.79 Å². The number of hydrogen-bond acceptors (Lipinski definition) is 5. The van der Waals surface area contributed by atoms with Crippen molar-refractivity contribution in [1.29, 1.82) is 0 Å². The Morgan fingerprint density at radius 3 is 2.30 bits per heavy atom. The summed E-state index contributed by atoms with van der Waals surface area (Å²) in [5.74, 6) is 0.731. The molecular formula is C23H26N2O4S. The molecule has 6 nitrogen and oxygen atoms in total. The molecule has 158 valence electrons. The van der Waals surface area contributed by atoms with Gasteiger partial charge in [-0.15, -0.1) is 11.8 Å². The first-order valence-electron chi connectivity index (χ1n) is 10.3. The van der Waals surface area contributed by atoms with Gasteiger partial charge in [0, 0.05) is 42.1 Å². The lowest BCUT2D eigenvalue weighted by Gasteiger charge is -2.31. The molecule has 1 unspecified atom stereocenters. The Kier molecular flexibility index (Phi) is 5.90. The number of rotatable bonds is 5. The number of fused-ring (bicyclic) bond motifs is 1. The van der Waals surface area contributed by atoms with Crippen molar-refractivity contribution in [2.75, 3.05) is 10.6 Å². The van der Waals surface area contributed by atoms with Gasteiger partial charge >= 0.3 is 0 Å². The van der Waals surface area contributed by atoms with E-state index in [1.807, 2.05) is 49.4 Å². The van der Waals surface area contributed by atoms with Crippen LogP contribution in [0.25, 0.3) is 0 Å². The number of hydrogen-bond donors (Lipinski definition) is 2. The molecule has 0 bridgehead atoms. The molecule has 2 aromatic carbocycles. The maximum atomic E-state index is 12.7. The molecule has 0 radical (unpaired) electrons. The zero-order valence-corrected chi connectivity index (χ0v) is 18.0. The first kappa shape index (κ1) is 20.6. The molecule has 1 aliphatic carbocycles. The van der Waals surface area contributed by atoms with E-state index in [1.165, 1.54) is 25.1 Å². The number of carbonyl (C=O) groups is 2. The Morgan fingerprint density at radius 2 is 1.60 bits per heavy atom. The van der Waals surface area contributed by atoms with Crippen molar-refractivity contribution in [3.8, 4) is 11.5 Å². The minimum Gasteiger partial charge on any atom is -0.448 e. The van der Waals surface area contributed by atoms with E-state index in [4.69, 9.17) is 9.47 Å². The third-order valence-electron chi connectivity index (χ3n) is 5.28. The van der Waals surface area contributed by atoms with Gasteiger partial charge in [-0.1, -0.05) is 6.42 Å². The highest BCUT2D eigenvalue weighted by Crippen LogP contribution is 2.46. The van der Waals surface area contributed by atoms with E-state index in [2.05, 4.69) is 10.6 Å². The van der Waals surface area contributed by atoms with Crippen LogP contribution in [0.5, 0.6) is 11.5 Å². The van der Waals surface area contributed by atoms with Gasteiger partial charge in [0.15, 0.2) is 11.5 Å². The van der Waals surface area contributed by atoms with Crippen LogP contribution in [0.15, 0.2) is 47.4 Å². The Balaban J connectivity index is 1.35. The highest BCUT2D eigenvalue weighted by molar-refractivity contribution is 8.00. The van der Waals surface area contributed by atoms with Crippen molar-refractivity contribution in [2.45, 2.75) is 61.9 Å². The predicted octanol–water partition coefficient (Wildman–Crippen LogP) is 5.20. The molecule has 2 N–H and O–H groups in total. The largest absolute Gasteiger partial charge is 0.448 e. The van der Waals surface area contributed by atoms with Crippen LogP contribution in [-0.2, 0) is 9.59 Å². The van der Waals surface area contributed by atoms with Crippen molar-refractivity contribution < 1.29 is 19.1 Å². The SMILES string of the molecule is CC(=O)Nc1ccc(SC(C)C(=O)Nc2ccc3c(c2)OC2(CCCCC2)O3)cc1. The van der Waals surface area contributed by atoms with Gasteiger partial charge in [-0.2, -0.15) is 0 Å². The molecule has 1 heterocycles. The van der Waals surface area contributed by atoms with Gasteiger partial charge in [-0.3, -0.25) is 9.59 Å². The lowest BCUT2D eigenvalue weighted by atomic mass is 9.94. The number of nitrogens with one attached hydrogen (secondary N) is 2. The highest BCUT2D eigenvalue weighted by Gasteiger charge is 2.42. The highest BCUT2D eigenvalue weighted by atomic mass is 32.2. The lowest BCUT2D eigenvalue weighted by molar-refractivity contribution is -0.115. The maximum absolute atomic E-state index is 12.7. The maximum Gasteiger partial charge on any atom is 0.251 e. The summed E-state index contributed by atoms with van der Waals surface area (Å²) < 4.78 is 12.2. The van der Waals surface area contributed by atoms with Crippen LogP contribution in [0.2, 0.25) is 0 Å². The smallest absolute Gasteiger partial charge is 0.251 e. The van der Waals surface area contributed by atoms with E-state index in [0.717, 1.165) is 42.0 Å². The fourth-order valence-electron chi connectivity index (χ4n) is 3.79.